The zero-order chi connectivity index (χ0) is 23.1. The number of benzene rings is 1. The summed E-state index contributed by atoms with van der Waals surface area (Å²) >= 11 is 0.977. The average Bonchev–Trinajstić information content (AvgIpc) is 3.44. The molecule has 10 nitrogen and oxygen atoms in total. The molecule has 172 valence electrons. The van der Waals surface area contributed by atoms with Gasteiger partial charge in [-0.25, -0.2) is 5.01 Å². The van der Waals surface area contributed by atoms with Crippen molar-refractivity contribution in [3.8, 4) is 5.88 Å². The Labute approximate surface area is 189 Å². The second kappa shape index (κ2) is 11.0. The van der Waals surface area contributed by atoms with Crippen LogP contribution in [0.5, 0.6) is 5.88 Å². The van der Waals surface area contributed by atoms with Gasteiger partial charge in [-0.2, -0.15) is 4.37 Å². The van der Waals surface area contributed by atoms with E-state index >= 15 is 0 Å². The molecule has 2 atom stereocenters. The number of methoxy groups -OCH3 is 1. The van der Waals surface area contributed by atoms with Gasteiger partial charge in [-0.15, -0.1) is 4.37 Å². The van der Waals surface area contributed by atoms with Crippen LogP contribution in [-0.4, -0.2) is 68.6 Å². The van der Waals surface area contributed by atoms with Gasteiger partial charge in [0.25, 0.3) is 5.91 Å². The number of para-hydroxylation sites is 1. The van der Waals surface area contributed by atoms with Crippen LogP contribution in [0.4, 0.5) is 0 Å². The minimum atomic E-state index is -0.886. The Hall–Kier alpha value is -3.02. The minimum absolute atomic E-state index is 0.0396. The van der Waals surface area contributed by atoms with Crippen molar-refractivity contribution in [3.05, 3.63) is 41.7 Å². The number of nitrogens with one attached hydrogen (secondary N) is 2. The number of esters is 1. The predicted octanol–water partition coefficient (Wildman–Crippen LogP) is 2.09. The molecule has 2 heterocycles. The summed E-state index contributed by atoms with van der Waals surface area (Å²) < 4.78 is 18.6. The first-order valence-corrected chi connectivity index (χ1v) is 11.0. The van der Waals surface area contributed by atoms with Crippen LogP contribution in [0, 0.1) is 0 Å². The lowest BCUT2D eigenvalue weighted by Crippen LogP contribution is -2.47. The summed E-state index contributed by atoms with van der Waals surface area (Å²) in [5.41, 5.74) is 4.66. The zero-order valence-corrected chi connectivity index (χ0v) is 19.0. The first-order chi connectivity index (χ1) is 15.4. The summed E-state index contributed by atoms with van der Waals surface area (Å²) in [5, 5.41) is 13.0. The molecule has 32 heavy (non-hydrogen) atoms. The number of likely N-dealkylation sites (N-methyl/N-ethyl adjacent to an activating group) is 1. The predicted molar refractivity (Wildman–Crippen MR) is 119 cm³/mol. The molecule has 11 heteroatoms. The number of ether oxygens (including phenoxy) is 2. The molecule has 0 saturated heterocycles. The molecule has 2 aromatic heterocycles. The van der Waals surface area contributed by atoms with E-state index in [1.165, 1.54) is 7.11 Å². The zero-order valence-electron chi connectivity index (χ0n) is 18.2. The maximum Gasteiger partial charge on any atom is 0.306 e. The van der Waals surface area contributed by atoms with Gasteiger partial charge in [0, 0.05) is 29.9 Å². The molecule has 0 aliphatic rings. The molecule has 1 amide bonds. The number of aliphatic hydroxyl groups excluding tert-OH is 1. The van der Waals surface area contributed by atoms with E-state index in [2.05, 4.69) is 23.9 Å². The smallest absolute Gasteiger partial charge is 0.306 e. The van der Waals surface area contributed by atoms with Crippen LogP contribution in [0.2, 0.25) is 0 Å². The van der Waals surface area contributed by atoms with Crippen molar-refractivity contribution in [1.29, 1.82) is 0 Å². The number of H-pyrrole nitrogens is 1. The van der Waals surface area contributed by atoms with E-state index in [4.69, 9.17) is 4.74 Å². The van der Waals surface area contributed by atoms with Gasteiger partial charge >= 0.3 is 5.97 Å². The van der Waals surface area contributed by atoms with E-state index in [9.17, 15) is 14.7 Å². The average molecular weight is 462 g/mol. The van der Waals surface area contributed by atoms with Crippen molar-refractivity contribution in [3.63, 3.8) is 0 Å². The minimum Gasteiger partial charge on any atom is -0.473 e. The Kier molecular flexibility index (Phi) is 8.14. The normalized spacial score (nSPS) is 13.2. The summed E-state index contributed by atoms with van der Waals surface area (Å²) in [6, 6.07) is 9.42. The third kappa shape index (κ3) is 6.02. The number of hydrazine groups is 1. The number of aliphatic hydroxyl groups is 1. The van der Waals surface area contributed by atoms with E-state index in [0.29, 0.717) is 17.9 Å². The first-order valence-electron chi connectivity index (χ1n) is 10.2. The molecular formula is C21H27N5O5S. The van der Waals surface area contributed by atoms with Crippen molar-refractivity contribution in [2.75, 3.05) is 26.8 Å². The number of hydrogen-bond donors (Lipinski definition) is 3. The largest absolute Gasteiger partial charge is 0.473 e. The number of nitrogens with zero attached hydrogens (tertiary/aromatic N) is 3. The van der Waals surface area contributed by atoms with E-state index in [0.717, 1.165) is 22.6 Å². The third-order valence-corrected chi connectivity index (χ3v) is 5.43. The number of aromatic nitrogens is 3. The summed E-state index contributed by atoms with van der Waals surface area (Å²) in [5.74, 6) is -0.578. The van der Waals surface area contributed by atoms with Crippen molar-refractivity contribution in [1.82, 2.24) is 24.2 Å². The second-order valence-electron chi connectivity index (χ2n) is 7.35. The summed E-state index contributed by atoms with van der Waals surface area (Å²) in [7, 11) is 1.33. The van der Waals surface area contributed by atoms with Gasteiger partial charge in [0.1, 0.15) is 24.1 Å². The number of carbonyl (C=O) groups excluding carboxylic acids is 2. The van der Waals surface area contributed by atoms with Gasteiger partial charge in [0.05, 0.1) is 25.3 Å². The van der Waals surface area contributed by atoms with Crippen LogP contribution in [0.1, 0.15) is 42.4 Å². The summed E-state index contributed by atoms with van der Waals surface area (Å²) in [6.45, 7) is 4.31. The fraction of sp³-hybridized carbons (Fsp3) is 0.429. The van der Waals surface area contributed by atoms with E-state index in [-0.39, 0.29) is 43.2 Å². The molecule has 0 fully saturated rings. The monoisotopic (exact) mass is 461 g/mol. The van der Waals surface area contributed by atoms with Crippen molar-refractivity contribution >= 4 is 34.5 Å². The van der Waals surface area contributed by atoms with Crippen LogP contribution < -0.4 is 10.2 Å². The van der Waals surface area contributed by atoms with Gasteiger partial charge in [-0.1, -0.05) is 32.0 Å². The Balaban J connectivity index is 1.52. The number of hydrogen-bond acceptors (Lipinski definition) is 9. The molecule has 3 aromatic rings. The highest BCUT2D eigenvalue weighted by atomic mass is 32.1. The molecule has 3 rings (SSSR count). The lowest BCUT2D eigenvalue weighted by Gasteiger charge is -2.24. The molecule has 0 saturated carbocycles. The molecule has 0 aliphatic carbocycles. The molecule has 3 N–H and O–H groups in total. The number of rotatable bonds is 11. The van der Waals surface area contributed by atoms with Crippen LogP contribution in [0.25, 0.3) is 10.9 Å². The Morgan fingerprint density at radius 2 is 2.09 bits per heavy atom. The number of carbonyl (C=O) groups is 2. The highest BCUT2D eigenvalue weighted by Crippen LogP contribution is 2.27. The van der Waals surface area contributed by atoms with Crippen molar-refractivity contribution in [2.45, 2.75) is 32.3 Å². The van der Waals surface area contributed by atoms with E-state index in [1.54, 1.807) is 11.1 Å². The first kappa shape index (κ1) is 23.6. The Morgan fingerprint density at radius 3 is 2.81 bits per heavy atom. The lowest BCUT2D eigenvalue weighted by molar-refractivity contribution is -0.141. The molecular weight excluding hydrogens is 434 g/mol. The Morgan fingerprint density at radius 1 is 1.31 bits per heavy atom. The third-order valence-electron chi connectivity index (χ3n) is 4.91. The molecule has 2 unspecified atom stereocenters. The van der Waals surface area contributed by atoms with Crippen LogP contribution in [-0.2, 0) is 9.53 Å². The molecule has 0 aliphatic heterocycles. The van der Waals surface area contributed by atoms with E-state index in [1.807, 2.05) is 38.1 Å². The van der Waals surface area contributed by atoms with Crippen LogP contribution in [0.15, 0.2) is 30.3 Å². The Bertz CT molecular complexity index is 1020. The molecule has 0 bridgehead atoms. The second-order valence-corrected chi connectivity index (χ2v) is 7.88. The number of aromatic amines is 1. The SMILES string of the molecule is CCN(CC(O)COc1nsnc1C(C)CC(=O)OC)NC(=O)c1cc2ccccc2[nH]1. The van der Waals surface area contributed by atoms with Crippen molar-refractivity contribution < 1.29 is 24.2 Å². The van der Waals surface area contributed by atoms with E-state index < -0.39 is 6.10 Å². The number of amides is 1. The van der Waals surface area contributed by atoms with Gasteiger partial charge in [0.15, 0.2) is 0 Å². The van der Waals surface area contributed by atoms with Crippen LogP contribution in [0.3, 0.4) is 0 Å². The lowest BCUT2D eigenvalue weighted by atomic mass is 10.0. The maximum atomic E-state index is 12.6. The van der Waals surface area contributed by atoms with Crippen LogP contribution >= 0.6 is 11.7 Å². The highest BCUT2D eigenvalue weighted by Gasteiger charge is 2.22. The van der Waals surface area contributed by atoms with Crippen molar-refractivity contribution in [2.24, 2.45) is 0 Å². The maximum absolute atomic E-state index is 12.6. The topological polar surface area (TPSA) is 130 Å². The molecule has 1 aromatic carbocycles. The fourth-order valence-electron chi connectivity index (χ4n) is 3.15. The standard InChI is InChI=1S/C21H27N5O5S/c1-4-26(23-20(29)17-10-14-7-5-6-8-16(14)22-17)11-15(27)12-31-21-19(24-32-25-21)13(2)9-18(28)30-3/h5-8,10,13,15,22,27H,4,9,11-12H2,1-3H3,(H,23,29). The van der Waals surface area contributed by atoms with Gasteiger partial charge in [0.2, 0.25) is 5.88 Å². The van der Waals surface area contributed by atoms with Gasteiger partial charge < -0.3 is 19.6 Å². The van der Waals surface area contributed by atoms with Gasteiger partial charge in [-0.3, -0.25) is 15.0 Å². The van der Waals surface area contributed by atoms with Gasteiger partial charge in [-0.05, 0) is 12.1 Å². The molecule has 0 radical (unpaired) electrons. The number of fused-ring (bicyclic) bond motifs is 1. The summed E-state index contributed by atoms with van der Waals surface area (Å²) in [4.78, 5) is 27.2. The fourth-order valence-corrected chi connectivity index (χ4v) is 3.76. The quantitative estimate of drug-likeness (QED) is 0.292. The summed E-state index contributed by atoms with van der Waals surface area (Å²) in [6.07, 6.45) is -0.729. The highest BCUT2D eigenvalue weighted by molar-refractivity contribution is 6.99. The molecule has 0 spiro atoms.